The lowest BCUT2D eigenvalue weighted by Gasteiger charge is -2.11. The average Bonchev–Trinajstić information content (AvgIpc) is 2.25. The van der Waals surface area contributed by atoms with Crippen molar-refractivity contribution in [1.29, 1.82) is 0 Å². The number of carbonyl (C=O) groups excluding carboxylic acids is 1. The molecule has 3 nitrogen and oxygen atoms in total. The van der Waals surface area contributed by atoms with Crippen molar-refractivity contribution in [3.05, 3.63) is 23.9 Å². The van der Waals surface area contributed by atoms with Gasteiger partial charge < -0.3 is 5.32 Å². The summed E-state index contributed by atoms with van der Waals surface area (Å²) in [6, 6.07) is 3.50. The Morgan fingerprint density at radius 2 is 2.42 bits per heavy atom. The second-order valence-electron chi connectivity index (χ2n) is 2.57. The summed E-state index contributed by atoms with van der Waals surface area (Å²) in [6.45, 7) is 0. The highest BCUT2D eigenvalue weighted by atomic mass is 79.9. The van der Waals surface area contributed by atoms with Crippen LogP contribution in [0.3, 0.4) is 0 Å². The van der Waals surface area contributed by atoms with Crippen molar-refractivity contribution >= 4 is 35.5 Å². The van der Waals surface area contributed by atoms with Gasteiger partial charge in [0, 0.05) is 11.8 Å². The fourth-order valence-corrected chi connectivity index (χ4v) is 1.54. The summed E-state index contributed by atoms with van der Waals surface area (Å²) in [7, 11) is 5.70. The van der Waals surface area contributed by atoms with Crippen molar-refractivity contribution in [2.75, 3.05) is 5.32 Å². The molecule has 0 fully saturated rings. The number of carbonyl (C=O) groups is 1. The number of hydrogen-bond acceptors (Lipinski definition) is 2. The molecule has 2 heterocycles. The number of amides is 1. The van der Waals surface area contributed by atoms with Crippen LogP contribution in [0.4, 0.5) is 5.82 Å². The van der Waals surface area contributed by atoms with Crippen LogP contribution >= 0.6 is 15.9 Å². The molecule has 1 atom stereocenters. The van der Waals surface area contributed by atoms with E-state index in [2.05, 4.69) is 26.2 Å². The van der Waals surface area contributed by atoms with Crippen LogP contribution in [-0.4, -0.2) is 18.7 Å². The third-order valence-electron chi connectivity index (χ3n) is 1.76. The molecule has 0 saturated carbocycles. The number of anilines is 1. The Bertz CT molecular complexity index is 353. The Balaban J connectivity index is 2.63. The van der Waals surface area contributed by atoms with Crippen LogP contribution in [0.1, 0.15) is 5.56 Å². The summed E-state index contributed by atoms with van der Waals surface area (Å²) in [5.41, 5.74) is 0.676. The molecule has 1 aliphatic rings. The maximum Gasteiger partial charge on any atom is 0.237 e. The molecule has 0 saturated heterocycles. The summed E-state index contributed by atoms with van der Waals surface area (Å²) in [5.74, 6) is 0.248. The summed E-state index contributed by atoms with van der Waals surface area (Å²) in [6.07, 6.45) is 1.60. The maximum absolute atomic E-state index is 11.2. The summed E-state index contributed by atoms with van der Waals surface area (Å²) >= 11 is 3.13. The van der Waals surface area contributed by atoms with E-state index in [0.29, 0.717) is 11.4 Å². The number of nitrogens with zero attached hydrogens (tertiary/aromatic N) is 1. The molecule has 1 aromatic heterocycles. The molecule has 1 unspecified atom stereocenters. The topological polar surface area (TPSA) is 42.0 Å². The first-order chi connectivity index (χ1) is 5.62. The number of hydrogen-bond donors (Lipinski definition) is 1. The monoisotopic (exact) mass is 222 g/mol. The van der Waals surface area contributed by atoms with Crippen molar-refractivity contribution < 1.29 is 4.79 Å². The normalized spacial score (nSPS) is 26.6. The fraction of sp³-hybridized carbons (Fsp3) is 0.143. The molecular formula is C7H4BBrN2O. The molecule has 0 bridgehead atoms. The molecule has 12 heavy (non-hydrogen) atoms. The third kappa shape index (κ3) is 0.892. The quantitative estimate of drug-likeness (QED) is 0.520. The fourth-order valence-electron chi connectivity index (χ4n) is 1.12. The number of fused-ring (bicyclic) bond motifs is 1. The van der Waals surface area contributed by atoms with Gasteiger partial charge in [-0.1, -0.05) is 22.0 Å². The van der Waals surface area contributed by atoms with Gasteiger partial charge in [-0.3, -0.25) is 4.79 Å². The van der Waals surface area contributed by atoms with E-state index in [1.807, 2.05) is 0 Å². The van der Waals surface area contributed by atoms with Crippen LogP contribution in [0.2, 0.25) is 0 Å². The zero-order chi connectivity index (χ0) is 8.77. The van der Waals surface area contributed by atoms with Crippen LogP contribution in [0.25, 0.3) is 0 Å². The zero-order valence-electron chi connectivity index (χ0n) is 6.04. The van der Waals surface area contributed by atoms with Crippen LogP contribution < -0.4 is 5.32 Å². The maximum atomic E-state index is 11.2. The molecule has 0 spiro atoms. The highest BCUT2D eigenvalue weighted by Crippen LogP contribution is 2.38. The highest BCUT2D eigenvalue weighted by molar-refractivity contribution is 9.10. The predicted molar refractivity (Wildman–Crippen MR) is 49.2 cm³/mol. The van der Waals surface area contributed by atoms with Crippen molar-refractivity contribution in [3.8, 4) is 0 Å². The van der Waals surface area contributed by atoms with Gasteiger partial charge in [0.15, 0.2) is 0 Å². The van der Waals surface area contributed by atoms with Crippen molar-refractivity contribution in [1.82, 2.24) is 4.98 Å². The molecule has 5 heteroatoms. The molecule has 0 aliphatic carbocycles. The molecule has 1 aromatic rings. The number of alkyl halides is 1. The van der Waals surface area contributed by atoms with E-state index in [-0.39, 0.29) is 5.91 Å². The van der Waals surface area contributed by atoms with E-state index in [0.717, 1.165) is 0 Å². The molecule has 2 rings (SSSR count). The molecule has 0 aromatic carbocycles. The van der Waals surface area contributed by atoms with Crippen molar-refractivity contribution in [2.24, 2.45) is 0 Å². The highest BCUT2D eigenvalue weighted by Gasteiger charge is 2.40. The summed E-state index contributed by atoms with van der Waals surface area (Å²) in [4.78, 5) is 15.2. The molecule has 1 aliphatic heterocycles. The van der Waals surface area contributed by atoms with E-state index in [9.17, 15) is 4.79 Å². The minimum Gasteiger partial charge on any atom is -0.310 e. The number of halogens is 1. The van der Waals surface area contributed by atoms with Gasteiger partial charge in [0.1, 0.15) is 13.7 Å². The van der Waals surface area contributed by atoms with E-state index in [1.165, 1.54) is 0 Å². The lowest BCUT2D eigenvalue weighted by atomic mass is 9.82. The lowest BCUT2D eigenvalue weighted by molar-refractivity contribution is -0.116. The van der Waals surface area contributed by atoms with E-state index in [4.69, 9.17) is 7.85 Å². The number of pyridine rings is 1. The zero-order valence-corrected chi connectivity index (χ0v) is 7.63. The van der Waals surface area contributed by atoms with E-state index < -0.39 is 4.22 Å². The van der Waals surface area contributed by atoms with Gasteiger partial charge >= 0.3 is 0 Å². The second-order valence-corrected chi connectivity index (χ2v) is 3.82. The van der Waals surface area contributed by atoms with Crippen LogP contribution in [0.15, 0.2) is 18.3 Å². The standard InChI is InChI=1S/C7H4BBrN2O/c8-7(9)4-2-1-3-10-5(4)11-6(7)12/h1-3H,(H,10,11,12). The Morgan fingerprint density at radius 3 is 3.08 bits per heavy atom. The van der Waals surface area contributed by atoms with Gasteiger partial charge in [0.05, 0.1) is 4.22 Å². The molecule has 2 radical (unpaired) electrons. The number of aromatic nitrogens is 1. The smallest absolute Gasteiger partial charge is 0.237 e. The van der Waals surface area contributed by atoms with Gasteiger partial charge in [0.2, 0.25) is 5.91 Å². The first kappa shape index (κ1) is 7.80. The molecule has 58 valence electrons. The summed E-state index contributed by atoms with van der Waals surface area (Å²) < 4.78 is -1.11. The average molecular weight is 223 g/mol. The van der Waals surface area contributed by atoms with E-state index >= 15 is 0 Å². The van der Waals surface area contributed by atoms with Crippen LogP contribution in [0, 0.1) is 0 Å². The minimum absolute atomic E-state index is 0.281. The van der Waals surface area contributed by atoms with Crippen molar-refractivity contribution in [2.45, 2.75) is 4.22 Å². The SMILES string of the molecule is [B]C1(Br)C(=O)Nc2ncccc21. The van der Waals surface area contributed by atoms with Gasteiger partial charge in [-0.2, -0.15) is 0 Å². The minimum atomic E-state index is -1.11. The molecular weight excluding hydrogens is 219 g/mol. The Labute approximate surface area is 79.1 Å². The first-order valence-electron chi connectivity index (χ1n) is 3.37. The van der Waals surface area contributed by atoms with Gasteiger partial charge in [0.25, 0.3) is 0 Å². The lowest BCUT2D eigenvalue weighted by Crippen LogP contribution is -2.27. The Hall–Kier alpha value is -0.835. The molecule has 1 amide bonds. The first-order valence-corrected chi connectivity index (χ1v) is 4.16. The van der Waals surface area contributed by atoms with Gasteiger partial charge in [-0.15, -0.1) is 0 Å². The summed E-state index contributed by atoms with van der Waals surface area (Å²) in [5, 5.41) is 2.57. The largest absolute Gasteiger partial charge is 0.310 e. The Morgan fingerprint density at radius 1 is 1.67 bits per heavy atom. The van der Waals surface area contributed by atoms with Gasteiger partial charge in [-0.25, -0.2) is 4.98 Å². The Kier molecular flexibility index (Phi) is 1.51. The van der Waals surface area contributed by atoms with E-state index in [1.54, 1.807) is 18.3 Å². The van der Waals surface area contributed by atoms with Gasteiger partial charge in [-0.05, 0) is 6.07 Å². The third-order valence-corrected chi connectivity index (χ3v) is 2.55. The van der Waals surface area contributed by atoms with Crippen molar-refractivity contribution in [3.63, 3.8) is 0 Å². The molecule has 1 N–H and O–H groups in total. The second kappa shape index (κ2) is 2.32. The van der Waals surface area contributed by atoms with Crippen LogP contribution in [-0.2, 0) is 9.02 Å². The number of rotatable bonds is 0. The number of nitrogens with one attached hydrogen (secondary N) is 1. The predicted octanol–water partition coefficient (Wildman–Crippen LogP) is 0.750. The van der Waals surface area contributed by atoms with Crippen LogP contribution in [0.5, 0.6) is 0 Å².